The maximum Gasteiger partial charge on any atom is 0.265 e. The van der Waals surface area contributed by atoms with Gasteiger partial charge in [0.05, 0.1) is 12.3 Å². The summed E-state index contributed by atoms with van der Waals surface area (Å²) >= 11 is 0. The number of carbonyl (C=O) groups is 1. The maximum atomic E-state index is 11.9. The predicted octanol–water partition coefficient (Wildman–Crippen LogP) is 4.08. The summed E-state index contributed by atoms with van der Waals surface area (Å²) in [5.41, 5.74) is 3.74. The van der Waals surface area contributed by atoms with E-state index in [0.717, 1.165) is 28.1 Å². The molecule has 1 N–H and O–H groups in total. The highest BCUT2D eigenvalue weighted by molar-refractivity contribution is 5.92. The molecule has 2 aromatic rings. The number of carbonyl (C=O) groups excluding carboxylic acids is 1. The Balaban J connectivity index is 1.88. The van der Waals surface area contributed by atoms with Gasteiger partial charge in [0.25, 0.3) is 5.91 Å². The van der Waals surface area contributed by atoms with Crippen molar-refractivity contribution in [1.82, 2.24) is 0 Å². The third-order valence-electron chi connectivity index (χ3n) is 3.40. The fourth-order valence-corrected chi connectivity index (χ4v) is 2.28. The average molecular weight is 340 g/mol. The standard InChI is InChI=1S/C20H24N2O3/c1-14(2)25-19-8-6-5-7-17(19)12-21-24-13-20(23)22-18-10-9-15(3)11-16(18)4/h5-12,14H,13H2,1-4H3,(H,22,23)/b21-12+. The molecule has 132 valence electrons. The lowest BCUT2D eigenvalue weighted by Crippen LogP contribution is -2.17. The topological polar surface area (TPSA) is 59.9 Å². The molecule has 0 unspecified atom stereocenters. The Hall–Kier alpha value is -2.82. The van der Waals surface area contributed by atoms with Crippen LogP contribution in [0.5, 0.6) is 5.75 Å². The van der Waals surface area contributed by atoms with Gasteiger partial charge < -0.3 is 14.9 Å². The monoisotopic (exact) mass is 340 g/mol. The first-order valence-corrected chi connectivity index (χ1v) is 8.24. The van der Waals surface area contributed by atoms with Crippen molar-refractivity contribution < 1.29 is 14.4 Å². The quantitative estimate of drug-likeness (QED) is 0.610. The van der Waals surface area contributed by atoms with Gasteiger partial charge in [-0.2, -0.15) is 0 Å². The summed E-state index contributed by atoms with van der Waals surface area (Å²) in [6.45, 7) is 7.73. The van der Waals surface area contributed by atoms with Gasteiger partial charge in [-0.15, -0.1) is 0 Å². The van der Waals surface area contributed by atoms with Crippen LogP contribution in [0.2, 0.25) is 0 Å². The van der Waals surface area contributed by atoms with Crippen LogP contribution in [0.15, 0.2) is 47.6 Å². The average Bonchev–Trinajstić information content (AvgIpc) is 2.55. The number of oxime groups is 1. The molecular formula is C20H24N2O3. The van der Waals surface area contributed by atoms with Crippen LogP contribution < -0.4 is 10.1 Å². The molecule has 5 nitrogen and oxygen atoms in total. The summed E-state index contributed by atoms with van der Waals surface area (Å²) < 4.78 is 5.70. The molecule has 0 aliphatic rings. The smallest absolute Gasteiger partial charge is 0.265 e. The molecule has 0 aromatic heterocycles. The van der Waals surface area contributed by atoms with Crippen LogP contribution in [0, 0.1) is 13.8 Å². The molecule has 2 rings (SSSR count). The Morgan fingerprint density at radius 1 is 1.20 bits per heavy atom. The minimum atomic E-state index is -0.254. The Kier molecular flexibility index (Phi) is 6.57. The maximum absolute atomic E-state index is 11.9. The Labute approximate surface area is 148 Å². The molecule has 0 aliphatic carbocycles. The number of anilines is 1. The first-order valence-electron chi connectivity index (χ1n) is 8.24. The van der Waals surface area contributed by atoms with E-state index < -0.39 is 0 Å². The lowest BCUT2D eigenvalue weighted by Gasteiger charge is -2.11. The van der Waals surface area contributed by atoms with Gasteiger partial charge in [-0.1, -0.05) is 35.0 Å². The number of para-hydroxylation sites is 1. The zero-order valence-corrected chi connectivity index (χ0v) is 15.1. The highest BCUT2D eigenvalue weighted by Crippen LogP contribution is 2.18. The molecule has 0 heterocycles. The first kappa shape index (κ1) is 18.5. The van der Waals surface area contributed by atoms with Gasteiger partial charge in [0.1, 0.15) is 5.75 Å². The van der Waals surface area contributed by atoms with Crippen LogP contribution in [0.1, 0.15) is 30.5 Å². The second-order valence-electron chi connectivity index (χ2n) is 6.08. The van der Waals surface area contributed by atoms with Crippen molar-refractivity contribution in [1.29, 1.82) is 0 Å². The van der Waals surface area contributed by atoms with Gasteiger partial charge in [-0.3, -0.25) is 4.79 Å². The third kappa shape index (κ3) is 5.95. The van der Waals surface area contributed by atoms with Crippen LogP contribution >= 0.6 is 0 Å². The number of rotatable bonds is 7. The Morgan fingerprint density at radius 2 is 1.96 bits per heavy atom. The zero-order chi connectivity index (χ0) is 18.2. The lowest BCUT2D eigenvalue weighted by molar-refractivity contribution is -0.120. The summed E-state index contributed by atoms with van der Waals surface area (Å²) in [5.74, 6) is 0.473. The number of nitrogens with zero attached hydrogens (tertiary/aromatic N) is 1. The van der Waals surface area contributed by atoms with Gasteiger partial charge in [-0.25, -0.2) is 0 Å². The predicted molar refractivity (Wildman–Crippen MR) is 100 cm³/mol. The van der Waals surface area contributed by atoms with Gasteiger partial charge in [0.2, 0.25) is 0 Å². The van der Waals surface area contributed by atoms with Crippen molar-refractivity contribution in [2.24, 2.45) is 5.16 Å². The number of benzene rings is 2. The summed E-state index contributed by atoms with van der Waals surface area (Å²) in [6, 6.07) is 13.4. The molecule has 2 aromatic carbocycles. The molecule has 0 spiro atoms. The summed E-state index contributed by atoms with van der Waals surface area (Å²) in [7, 11) is 0. The van der Waals surface area contributed by atoms with E-state index in [0.29, 0.717) is 0 Å². The van der Waals surface area contributed by atoms with E-state index in [1.165, 1.54) is 0 Å². The summed E-state index contributed by atoms with van der Waals surface area (Å²) in [4.78, 5) is 17.0. The van der Waals surface area contributed by atoms with Gasteiger partial charge in [0, 0.05) is 11.3 Å². The van der Waals surface area contributed by atoms with Crippen molar-refractivity contribution in [3.05, 3.63) is 59.2 Å². The molecule has 1 amide bonds. The second-order valence-corrected chi connectivity index (χ2v) is 6.08. The minimum Gasteiger partial charge on any atom is -0.490 e. The Morgan fingerprint density at radius 3 is 2.68 bits per heavy atom. The zero-order valence-electron chi connectivity index (χ0n) is 15.1. The van der Waals surface area contributed by atoms with Crippen LogP contribution in [-0.2, 0) is 9.63 Å². The van der Waals surface area contributed by atoms with Crippen LogP contribution in [0.3, 0.4) is 0 Å². The minimum absolute atomic E-state index is 0.0685. The number of hydrogen-bond acceptors (Lipinski definition) is 4. The molecule has 0 bridgehead atoms. The Bertz CT molecular complexity index is 754. The van der Waals surface area contributed by atoms with Crippen LogP contribution in [0.4, 0.5) is 5.69 Å². The largest absolute Gasteiger partial charge is 0.490 e. The van der Waals surface area contributed by atoms with Crippen molar-refractivity contribution >= 4 is 17.8 Å². The van der Waals surface area contributed by atoms with Gasteiger partial charge in [-0.05, 0) is 51.5 Å². The first-order chi connectivity index (χ1) is 12.0. The highest BCUT2D eigenvalue weighted by Gasteiger charge is 2.06. The highest BCUT2D eigenvalue weighted by atomic mass is 16.6. The molecule has 0 aliphatic heterocycles. The lowest BCUT2D eigenvalue weighted by atomic mass is 10.1. The van der Waals surface area contributed by atoms with E-state index in [1.807, 2.05) is 70.2 Å². The van der Waals surface area contributed by atoms with Gasteiger partial charge >= 0.3 is 0 Å². The molecule has 0 saturated heterocycles. The second kappa shape index (κ2) is 8.87. The third-order valence-corrected chi connectivity index (χ3v) is 3.40. The van der Waals surface area contributed by atoms with E-state index in [9.17, 15) is 4.79 Å². The molecule has 0 atom stereocenters. The molecule has 0 fully saturated rings. The number of hydrogen-bond donors (Lipinski definition) is 1. The van der Waals surface area contributed by atoms with Crippen LogP contribution in [-0.4, -0.2) is 24.8 Å². The number of nitrogens with one attached hydrogen (secondary N) is 1. The van der Waals surface area contributed by atoms with Crippen LogP contribution in [0.25, 0.3) is 0 Å². The van der Waals surface area contributed by atoms with Crippen molar-refractivity contribution in [2.75, 3.05) is 11.9 Å². The van der Waals surface area contributed by atoms with E-state index >= 15 is 0 Å². The summed E-state index contributed by atoms with van der Waals surface area (Å²) in [5, 5.41) is 6.67. The molecule has 0 radical (unpaired) electrons. The molecule has 25 heavy (non-hydrogen) atoms. The molecule has 0 saturated carbocycles. The SMILES string of the molecule is Cc1ccc(NC(=O)CO/N=C/c2ccccc2OC(C)C)c(C)c1. The van der Waals surface area contributed by atoms with Crippen molar-refractivity contribution in [2.45, 2.75) is 33.8 Å². The van der Waals surface area contributed by atoms with Crippen molar-refractivity contribution in [3.8, 4) is 5.75 Å². The number of amides is 1. The van der Waals surface area contributed by atoms with E-state index in [-0.39, 0.29) is 18.6 Å². The number of aryl methyl sites for hydroxylation is 2. The fraction of sp³-hybridized carbons (Fsp3) is 0.300. The molecule has 5 heteroatoms. The van der Waals surface area contributed by atoms with E-state index in [2.05, 4.69) is 10.5 Å². The number of ether oxygens (including phenoxy) is 1. The molecular weight excluding hydrogens is 316 g/mol. The van der Waals surface area contributed by atoms with Crippen molar-refractivity contribution in [3.63, 3.8) is 0 Å². The van der Waals surface area contributed by atoms with E-state index in [4.69, 9.17) is 9.57 Å². The van der Waals surface area contributed by atoms with Gasteiger partial charge in [0.15, 0.2) is 6.61 Å². The fourth-order valence-electron chi connectivity index (χ4n) is 2.28. The normalized spacial score (nSPS) is 10.9. The van der Waals surface area contributed by atoms with E-state index in [1.54, 1.807) is 6.21 Å². The summed E-state index contributed by atoms with van der Waals surface area (Å²) in [6.07, 6.45) is 1.61.